The molecule has 0 saturated carbocycles. The van der Waals surface area contributed by atoms with Gasteiger partial charge < -0.3 is 10.8 Å². The van der Waals surface area contributed by atoms with Gasteiger partial charge in [-0.2, -0.15) is 0 Å². The van der Waals surface area contributed by atoms with Gasteiger partial charge in [-0.25, -0.2) is 8.42 Å². The molecule has 0 aliphatic carbocycles. The first-order chi connectivity index (χ1) is 8.30. The molecule has 0 spiro atoms. The summed E-state index contributed by atoms with van der Waals surface area (Å²) in [5.74, 6) is 0.0963. The van der Waals surface area contributed by atoms with E-state index in [-0.39, 0.29) is 18.1 Å². The smallest absolute Gasteiger partial charge is 0.151 e. The fourth-order valence-corrected chi connectivity index (χ4v) is 6.19. The highest BCUT2D eigenvalue weighted by Gasteiger charge is 2.47. The Morgan fingerprint density at radius 2 is 2.33 bits per heavy atom. The van der Waals surface area contributed by atoms with Gasteiger partial charge in [-0.3, -0.25) is 0 Å². The Bertz CT molecular complexity index is 535. The van der Waals surface area contributed by atoms with Gasteiger partial charge in [0.05, 0.1) is 17.6 Å². The Balaban J connectivity index is 2.34. The molecule has 4 nitrogen and oxygen atoms in total. The molecule has 0 amide bonds. The number of nitrogens with two attached hydrogens (primary N) is 1. The van der Waals surface area contributed by atoms with Crippen LogP contribution in [-0.4, -0.2) is 31.6 Å². The van der Waals surface area contributed by atoms with E-state index in [1.165, 1.54) is 11.3 Å². The average Bonchev–Trinajstić information content (AvgIpc) is 2.80. The van der Waals surface area contributed by atoms with Crippen molar-refractivity contribution in [3.05, 3.63) is 20.3 Å². The Morgan fingerprint density at radius 1 is 1.67 bits per heavy atom. The summed E-state index contributed by atoms with van der Waals surface area (Å²) >= 11 is 4.88. The van der Waals surface area contributed by atoms with Gasteiger partial charge in [-0.1, -0.05) is 0 Å². The van der Waals surface area contributed by atoms with E-state index in [1.54, 1.807) is 0 Å². The molecular formula is C11H16BrNO3S2. The molecule has 1 aromatic rings. The lowest BCUT2D eigenvalue weighted by Gasteiger charge is -2.30. The second kappa shape index (κ2) is 4.86. The molecule has 0 bridgehead atoms. The number of hydrogen-bond donors (Lipinski definition) is 2. The largest absolute Gasteiger partial charge is 0.387 e. The molecular weight excluding hydrogens is 338 g/mol. The van der Waals surface area contributed by atoms with Crippen LogP contribution in [0.3, 0.4) is 0 Å². The van der Waals surface area contributed by atoms with Crippen LogP contribution in [-0.2, 0) is 9.84 Å². The number of aliphatic hydroxyl groups is 1. The predicted molar refractivity (Wildman–Crippen MR) is 76.5 cm³/mol. The monoisotopic (exact) mass is 353 g/mol. The lowest BCUT2D eigenvalue weighted by Crippen LogP contribution is -2.37. The molecule has 0 radical (unpaired) electrons. The van der Waals surface area contributed by atoms with Gasteiger partial charge in [0.2, 0.25) is 0 Å². The minimum absolute atomic E-state index is 0.0216. The highest BCUT2D eigenvalue weighted by atomic mass is 79.9. The molecule has 1 aliphatic heterocycles. The van der Waals surface area contributed by atoms with Crippen LogP contribution < -0.4 is 5.73 Å². The van der Waals surface area contributed by atoms with Gasteiger partial charge in [0.25, 0.3) is 0 Å². The van der Waals surface area contributed by atoms with Gasteiger partial charge >= 0.3 is 0 Å². The molecule has 2 atom stereocenters. The maximum atomic E-state index is 11.6. The number of hydrogen-bond acceptors (Lipinski definition) is 5. The predicted octanol–water partition coefficient (Wildman–Crippen LogP) is 1.62. The van der Waals surface area contributed by atoms with Crippen LogP contribution in [0.15, 0.2) is 10.5 Å². The number of aryl methyl sites for hydroxylation is 1. The van der Waals surface area contributed by atoms with Crippen molar-refractivity contribution in [2.75, 3.05) is 18.1 Å². The van der Waals surface area contributed by atoms with Crippen molar-refractivity contribution in [2.45, 2.75) is 19.4 Å². The van der Waals surface area contributed by atoms with Crippen LogP contribution in [0.4, 0.5) is 0 Å². The van der Waals surface area contributed by atoms with E-state index in [0.717, 1.165) is 14.2 Å². The molecule has 2 rings (SSSR count). The Kier molecular flexibility index (Phi) is 3.91. The fraction of sp³-hybridized carbons (Fsp3) is 0.636. The standard InChI is InChI=1S/C11H16BrNO3S2/c1-7-8(12)4-9(17-7)10(14)11(5-13)2-3-18(15,16)6-11/h4,10,14H,2-3,5-6,13H2,1H3. The summed E-state index contributed by atoms with van der Waals surface area (Å²) in [5.41, 5.74) is 5.01. The van der Waals surface area contributed by atoms with E-state index < -0.39 is 21.4 Å². The lowest BCUT2D eigenvalue weighted by molar-refractivity contribution is 0.0501. The second-order valence-electron chi connectivity index (χ2n) is 4.86. The topological polar surface area (TPSA) is 80.4 Å². The van der Waals surface area contributed by atoms with Crippen molar-refractivity contribution < 1.29 is 13.5 Å². The van der Waals surface area contributed by atoms with Crippen LogP contribution in [0.5, 0.6) is 0 Å². The van der Waals surface area contributed by atoms with E-state index in [2.05, 4.69) is 15.9 Å². The average molecular weight is 354 g/mol. The zero-order chi connectivity index (χ0) is 13.6. The Labute approximate surface area is 119 Å². The van der Waals surface area contributed by atoms with Crippen molar-refractivity contribution in [3.8, 4) is 0 Å². The van der Waals surface area contributed by atoms with Gasteiger partial charge in [0.1, 0.15) is 0 Å². The van der Waals surface area contributed by atoms with Gasteiger partial charge in [0.15, 0.2) is 9.84 Å². The lowest BCUT2D eigenvalue weighted by atomic mass is 9.81. The summed E-state index contributed by atoms with van der Waals surface area (Å²) in [4.78, 5) is 1.85. The summed E-state index contributed by atoms with van der Waals surface area (Å²) in [5, 5.41) is 10.5. The van der Waals surface area contributed by atoms with Gasteiger partial charge in [-0.05, 0) is 35.3 Å². The van der Waals surface area contributed by atoms with Crippen LogP contribution in [0, 0.1) is 12.3 Å². The third kappa shape index (κ3) is 2.51. The number of rotatable bonds is 3. The first-order valence-corrected chi connectivity index (χ1v) is 9.07. The summed E-state index contributed by atoms with van der Waals surface area (Å²) in [6.45, 7) is 2.13. The highest BCUT2D eigenvalue weighted by Crippen LogP contribution is 2.45. The number of aliphatic hydroxyl groups excluding tert-OH is 1. The van der Waals surface area contributed by atoms with Crippen molar-refractivity contribution in [1.29, 1.82) is 0 Å². The minimum Gasteiger partial charge on any atom is -0.387 e. The zero-order valence-electron chi connectivity index (χ0n) is 10.0. The maximum absolute atomic E-state index is 11.6. The van der Waals surface area contributed by atoms with E-state index >= 15 is 0 Å². The number of halogens is 1. The number of sulfone groups is 1. The summed E-state index contributed by atoms with van der Waals surface area (Å²) in [6, 6.07) is 1.85. The molecule has 1 aliphatic rings. The van der Waals surface area contributed by atoms with Crippen molar-refractivity contribution >= 4 is 37.1 Å². The third-order valence-electron chi connectivity index (χ3n) is 3.55. The SMILES string of the molecule is Cc1sc(C(O)C2(CN)CCS(=O)(=O)C2)cc1Br. The molecule has 102 valence electrons. The van der Waals surface area contributed by atoms with E-state index in [0.29, 0.717) is 6.42 Å². The Morgan fingerprint density at radius 3 is 2.72 bits per heavy atom. The van der Waals surface area contributed by atoms with Crippen molar-refractivity contribution in [2.24, 2.45) is 11.1 Å². The molecule has 7 heteroatoms. The first-order valence-electron chi connectivity index (χ1n) is 5.64. The molecule has 0 aromatic carbocycles. The molecule has 3 N–H and O–H groups in total. The first kappa shape index (κ1) is 14.5. The molecule has 2 unspecified atom stereocenters. The summed E-state index contributed by atoms with van der Waals surface area (Å²) < 4.78 is 24.2. The normalized spacial score (nSPS) is 28.4. The molecule has 1 saturated heterocycles. The van der Waals surface area contributed by atoms with E-state index in [9.17, 15) is 13.5 Å². The molecule has 1 aromatic heterocycles. The summed E-state index contributed by atoms with van der Waals surface area (Å²) in [7, 11) is -3.07. The van der Waals surface area contributed by atoms with E-state index in [4.69, 9.17) is 5.73 Å². The van der Waals surface area contributed by atoms with E-state index in [1.807, 2.05) is 13.0 Å². The van der Waals surface area contributed by atoms with Crippen LogP contribution in [0.1, 0.15) is 22.3 Å². The zero-order valence-corrected chi connectivity index (χ0v) is 13.2. The maximum Gasteiger partial charge on any atom is 0.151 e. The van der Waals surface area contributed by atoms with Crippen LogP contribution in [0.2, 0.25) is 0 Å². The van der Waals surface area contributed by atoms with Gasteiger partial charge in [0, 0.05) is 26.2 Å². The van der Waals surface area contributed by atoms with Gasteiger partial charge in [-0.15, -0.1) is 11.3 Å². The van der Waals surface area contributed by atoms with Crippen LogP contribution in [0.25, 0.3) is 0 Å². The van der Waals surface area contributed by atoms with Crippen molar-refractivity contribution in [3.63, 3.8) is 0 Å². The third-order valence-corrected chi connectivity index (χ3v) is 7.58. The fourth-order valence-electron chi connectivity index (χ4n) is 2.35. The van der Waals surface area contributed by atoms with Crippen molar-refractivity contribution in [1.82, 2.24) is 0 Å². The molecule has 18 heavy (non-hydrogen) atoms. The minimum atomic E-state index is -3.07. The highest BCUT2D eigenvalue weighted by molar-refractivity contribution is 9.10. The second-order valence-corrected chi connectivity index (χ2v) is 9.19. The van der Waals surface area contributed by atoms with Crippen LogP contribution >= 0.6 is 27.3 Å². The Hall–Kier alpha value is 0.0500. The molecule has 2 heterocycles. The summed E-state index contributed by atoms with van der Waals surface area (Å²) in [6.07, 6.45) is -0.378. The number of thiophene rings is 1. The quantitative estimate of drug-likeness (QED) is 0.864. The molecule has 1 fully saturated rings.